The molecule has 1 amide bonds. The monoisotopic (exact) mass is 318 g/mol. The highest BCUT2D eigenvalue weighted by Crippen LogP contribution is 2.41. The Balaban J connectivity index is 1.82. The van der Waals surface area contributed by atoms with E-state index in [0.29, 0.717) is 26.1 Å². The van der Waals surface area contributed by atoms with E-state index in [1.165, 1.54) is 7.11 Å². The lowest BCUT2D eigenvalue weighted by Crippen LogP contribution is -2.58. The molecule has 0 radical (unpaired) electrons. The van der Waals surface area contributed by atoms with Crippen molar-refractivity contribution in [2.24, 2.45) is 0 Å². The van der Waals surface area contributed by atoms with Crippen LogP contribution in [0.25, 0.3) is 0 Å². The third-order valence-corrected chi connectivity index (χ3v) is 4.98. The molecule has 2 fully saturated rings. The van der Waals surface area contributed by atoms with E-state index in [1.54, 1.807) is 18.9 Å². The van der Waals surface area contributed by atoms with E-state index in [9.17, 15) is 9.59 Å². The third kappa shape index (κ3) is 2.57. The van der Waals surface area contributed by atoms with Crippen LogP contribution in [0.2, 0.25) is 0 Å². The lowest BCUT2D eigenvalue weighted by Gasteiger charge is -2.39. The summed E-state index contributed by atoms with van der Waals surface area (Å²) in [6.07, 6.45) is 0.648. The number of rotatable bonds is 4. The zero-order valence-corrected chi connectivity index (χ0v) is 13.7. The number of hydrogen-bond donors (Lipinski definition) is 0. The predicted octanol–water partition coefficient (Wildman–Crippen LogP) is 1.04. The van der Waals surface area contributed by atoms with Crippen molar-refractivity contribution in [2.45, 2.75) is 31.5 Å². The molecule has 0 N–H and O–H groups in total. The second kappa shape index (κ2) is 5.85. The van der Waals surface area contributed by atoms with Crippen molar-refractivity contribution in [3.63, 3.8) is 0 Å². The van der Waals surface area contributed by atoms with Gasteiger partial charge in [0.15, 0.2) is 0 Å². The quantitative estimate of drug-likeness (QED) is 0.777. The van der Waals surface area contributed by atoms with Crippen LogP contribution >= 0.6 is 0 Å². The van der Waals surface area contributed by atoms with Gasteiger partial charge in [-0.1, -0.05) is 12.1 Å². The molecule has 1 aromatic rings. The van der Waals surface area contributed by atoms with E-state index in [1.807, 2.05) is 24.3 Å². The summed E-state index contributed by atoms with van der Waals surface area (Å²) in [7, 11) is 3.05. The topological polar surface area (TPSA) is 59.1 Å². The molecular weight excluding hydrogens is 296 g/mol. The minimum absolute atomic E-state index is 0.0184. The zero-order valence-electron chi connectivity index (χ0n) is 13.7. The highest BCUT2D eigenvalue weighted by atomic mass is 16.5. The normalized spacial score (nSPS) is 26.4. The molecule has 0 aliphatic carbocycles. The number of ether oxygens (including phenoxy) is 2. The number of piperazine rings is 1. The average molecular weight is 318 g/mol. The maximum atomic E-state index is 12.4. The van der Waals surface area contributed by atoms with Crippen molar-refractivity contribution >= 4 is 11.9 Å². The summed E-state index contributed by atoms with van der Waals surface area (Å²) in [5.41, 5.74) is 0.390. The van der Waals surface area contributed by atoms with Gasteiger partial charge in [0.2, 0.25) is 5.91 Å². The van der Waals surface area contributed by atoms with Gasteiger partial charge in [0.1, 0.15) is 11.3 Å². The number of benzene rings is 1. The molecule has 0 spiro atoms. The van der Waals surface area contributed by atoms with Crippen LogP contribution in [0.15, 0.2) is 24.3 Å². The van der Waals surface area contributed by atoms with Crippen molar-refractivity contribution in [3.8, 4) is 5.75 Å². The van der Waals surface area contributed by atoms with Crippen molar-refractivity contribution in [1.29, 1.82) is 0 Å². The van der Waals surface area contributed by atoms with Gasteiger partial charge < -0.3 is 14.4 Å². The second-order valence-electron chi connectivity index (χ2n) is 6.26. The fourth-order valence-corrected chi connectivity index (χ4v) is 3.80. The molecule has 2 heterocycles. The molecule has 3 rings (SSSR count). The Kier molecular flexibility index (Phi) is 4.02. The first kappa shape index (κ1) is 15.8. The number of nitrogens with zero attached hydrogens (tertiary/aromatic N) is 2. The number of methoxy groups -OCH3 is 2. The van der Waals surface area contributed by atoms with Gasteiger partial charge in [-0.15, -0.1) is 0 Å². The average Bonchev–Trinajstić information content (AvgIpc) is 3.11. The van der Waals surface area contributed by atoms with Crippen molar-refractivity contribution in [1.82, 2.24) is 9.80 Å². The lowest BCUT2D eigenvalue weighted by atomic mass is 9.98. The highest BCUT2D eigenvalue weighted by molar-refractivity contribution is 5.85. The molecule has 2 atom stereocenters. The van der Waals surface area contributed by atoms with Gasteiger partial charge in [-0.2, -0.15) is 0 Å². The fourth-order valence-electron chi connectivity index (χ4n) is 3.80. The van der Waals surface area contributed by atoms with E-state index in [-0.39, 0.29) is 17.9 Å². The summed E-state index contributed by atoms with van der Waals surface area (Å²) in [6, 6.07) is 7.91. The lowest BCUT2D eigenvalue weighted by molar-refractivity contribution is -0.155. The first-order chi connectivity index (χ1) is 11.0. The van der Waals surface area contributed by atoms with Crippen molar-refractivity contribution in [2.75, 3.05) is 27.3 Å². The summed E-state index contributed by atoms with van der Waals surface area (Å²) >= 11 is 0. The molecule has 1 unspecified atom stereocenters. The molecule has 2 saturated heterocycles. The minimum Gasteiger partial charge on any atom is -0.497 e. The Labute approximate surface area is 136 Å². The number of hydrogen-bond acceptors (Lipinski definition) is 5. The summed E-state index contributed by atoms with van der Waals surface area (Å²) in [4.78, 5) is 28.1. The number of likely N-dealkylation sites (tertiary alicyclic amines) is 2. The van der Waals surface area contributed by atoms with E-state index in [2.05, 4.69) is 4.90 Å². The second-order valence-corrected chi connectivity index (χ2v) is 6.26. The molecule has 2 bridgehead atoms. The van der Waals surface area contributed by atoms with E-state index in [4.69, 9.17) is 9.47 Å². The van der Waals surface area contributed by atoms with Crippen LogP contribution < -0.4 is 4.74 Å². The first-order valence-corrected chi connectivity index (χ1v) is 7.74. The maximum absolute atomic E-state index is 12.4. The summed E-state index contributed by atoms with van der Waals surface area (Å²) in [6.45, 7) is 3.32. The Bertz CT molecular complexity index is 616. The van der Waals surface area contributed by atoms with E-state index in [0.717, 1.165) is 11.3 Å². The zero-order chi connectivity index (χ0) is 16.6. The van der Waals surface area contributed by atoms with Crippen LogP contribution in [0.1, 0.15) is 18.9 Å². The number of fused-ring (bicyclic) bond motifs is 2. The van der Waals surface area contributed by atoms with Gasteiger partial charge in [0.25, 0.3) is 0 Å². The number of carbonyl (C=O) groups excluding carboxylic acids is 2. The number of amides is 1. The van der Waals surface area contributed by atoms with Gasteiger partial charge in [-0.3, -0.25) is 9.69 Å². The maximum Gasteiger partial charge on any atom is 0.328 e. The molecule has 0 aromatic heterocycles. The Morgan fingerprint density at radius 3 is 2.52 bits per heavy atom. The first-order valence-electron chi connectivity index (χ1n) is 7.74. The summed E-state index contributed by atoms with van der Waals surface area (Å²) in [5.74, 6) is 0.573. The standard InChI is InChI=1S/C17H22N2O4/c1-12(20)19-11-17(16(21)23-3)8-14(19)10-18(17)9-13-4-6-15(22-2)7-5-13/h4-7,14H,8-11H2,1-3H3/t14-,17?/m0/s1. The van der Waals surface area contributed by atoms with Crippen LogP contribution in [0.3, 0.4) is 0 Å². The molecule has 6 nitrogen and oxygen atoms in total. The molecule has 0 saturated carbocycles. The van der Waals surface area contributed by atoms with Crippen molar-refractivity contribution in [3.05, 3.63) is 29.8 Å². The highest BCUT2D eigenvalue weighted by Gasteiger charge is 2.60. The van der Waals surface area contributed by atoms with Crippen LogP contribution in [-0.2, 0) is 20.9 Å². The van der Waals surface area contributed by atoms with Gasteiger partial charge in [0.05, 0.1) is 20.8 Å². The summed E-state index contributed by atoms with van der Waals surface area (Å²) < 4.78 is 10.2. The SMILES string of the molecule is COC(=O)C12C[C@@H](CN1Cc1ccc(OC)cc1)N(C(C)=O)C2. The molecule has 2 aliphatic heterocycles. The minimum atomic E-state index is -0.717. The van der Waals surface area contributed by atoms with Gasteiger partial charge in [-0.05, 0) is 24.1 Å². The Morgan fingerprint density at radius 2 is 1.96 bits per heavy atom. The largest absolute Gasteiger partial charge is 0.497 e. The molecule has 2 aliphatic rings. The molecule has 23 heavy (non-hydrogen) atoms. The van der Waals surface area contributed by atoms with Crippen LogP contribution in [-0.4, -0.2) is 60.6 Å². The predicted molar refractivity (Wildman–Crippen MR) is 83.9 cm³/mol. The van der Waals surface area contributed by atoms with Crippen molar-refractivity contribution < 1.29 is 19.1 Å². The van der Waals surface area contributed by atoms with E-state index >= 15 is 0 Å². The Morgan fingerprint density at radius 1 is 1.26 bits per heavy atom. The van der Waals surface area contributed by atoms with E-state index < -0.39 is 5.54 Å². The van der Waals surface area contributed by atoms with Gasteiger partial charge in [-0.25, -0.2) is 4.79 Å². The van der Waals surface area contributed by atoms with Crippen LogP contribution in [0.5, 0.6) is 5.75 Å². The van der Waals surface area contributed by atoms with Gasteiger partial charge >= 0.3 is 5.97 Å². The van der Waals surface area contributed by atoms with Crippen LogP contribution in [0, 0.1) is 0 Å². The number of carbonyl (C=O) groups is 2. The molecule has 6 heteroatoms. The third-order valence-electron chi connectivity index (χ3n) is 4.98. The smallest absolute Gasteiger partial charge is 0.328 e. The molecule has 124 valence electrons. The fraction of sp³-hybridized carbons (Fsp3) is 0.529. The molecular formula is C17H22N2O4. The summed E-state index contributed by atoms with van der Waals surface area (Å²) in [5, 5.41) is 0. The molecule has 1 aromatic carbocycles. The Hall–Kier alpha value is -2.08. The van der Waals surface area contributed by atoms with Gasteiger partial charge in [0, 0.05) is 26.1 Å². The van der Waals surface area contributed by atoms with Crippen LogP contribution in [0.4, 0.5) is 0 Å². The number of esters is 1.